The first-order chi connectivity index (χ1) is 8.13. The summed E-state index contributed by atoms with van der Waals surface area (Å²) in [5.41, 5.74) is 2.32. The summed E-state index contributed by atoms with van der Waals surface area (Å²) < 4.78 is 0. The van der Waals surface area contributed by atoms with E-state index in [9.17, 15) is 4.79 Å². The summed E-state index contributed by atoms with van der Waals surface area (Å²) in [5.74, 6) is 0.409. The van der Waals surface area contributed by atoms with Crippen LogP contribution in [-0.2, 0) is 11.3 Å². The van der Waals surface area contributed by atoms with Crippen molar-refractivity contribution in [2.45, 2.75) is 25.6 Å². The Balaban J connectivity index is 2.31. The summed E-state index contributed by atoms with van der Waals surface area (Å²) in [4.78, 5) is 11.5. The van der Waals surface area contributed by atoms with Crippen LogP contribution in [0.25, 0.3) is 0 Å². The Morgan fingerprint density at radius 3 is 2.82 bits per heavy atom. The maximum atomic E-state index is 11.5. The van der Waals surface area contributed by atoms with Gasteiger partial charge in [0.05, 0.1) is 12.4 Å². The molecule has 1 rings (SSSR count). The van der Waals surface area contributed by atoms with Crippen LogP contribution in [0, 0.1) is 6.92 Å². The van der Waals surface area contributed by atoms with Gasteiger partial charge in [-0.25, -0.2) is 0 Å². The van der Waals surface area contributed by atoms with Gasteiger partial charge in [0.15, 0.2) is 0 Å². The van der Waals surface area contributed by atoms with Gasteiger partial charge in [-0.3, -0.25) is 4.79 Å². The Labute approximate surface area is 107 Å². The van der Waals surface area contributed by atoms with E-state index in [1.165, 1.54) is 17.3 Å². The molecule has 0 aromatic heterocycles. The van der Waals surface area contributed by atoms with Crippen molar-refractivity contribution >= 4 is 17.7 Å². The number of aliphatic hydroxyl groups excluding tert-OH is 1. The van der Waals surface area contributed by atoms with E-state index < -0.39 is 0 Å². The highest BCUT2D eigenvalue weighted by Crippen LogP contribution is 2.09. The molecule has 2 N–H and O–H groups in total. The normalized spacial score (nSPS) is 12.2. The number of hydrogen-bond donors (Lipinski definition) is 2. The summed E-state index contributed by atoms with van der Waals surface area (Å²) in [5, 5.41) is 11.8. The molecule has 0 aliphatic rings. The van der Waals surface area contributed by atoms with Crippen molar-refractivity contribution in [2.75, 3.05) is 12.4 Å². The van der Waals surface area contributed by atoms with E-state index in [0.717, 1.165) is 5.56 Å². The Morgan fingerprint density at radius 1 is 1.47 bits per heavy atom. The van der Waals surface area contributed by atoms with Gasteiger partial charge in [-0.2, -0.15) is 0 Å². The van der Waals surface area contributed by atoms with Crippen molar-refractivity contribution in [1.29, 1.82) is 0 Å². The van der Waals surface area contributed by atoms with Gasteiger partial charge in [-0.15, -0.1) is 11.8 Å². The fourth-order valence-corrected chi connectivity index (χ4v) is 1.97. The SMILES string of the molecule is Cc1ccccc1CNC(=O)CSC(C)CO. The van der Waals surface area contributed by atoms with Crippen LogP contribution in [0.1, 0.15) is 18.1 Å². The van der Waals surface area contributed by atoms with Crippen LogP contribution in [0.15, 0.2) is 24.3 Å². The minimum absolute atomic E-state index is 0.0125. The average Bonchev–Trinajstić information content (AvgIpc) is 2.35. The van der Waals surface area contributed by atoms with Gasteiger partial charge in [-0.05, 0) is 18.1 Å². The van der Waals surface area contributed by atoms with Crippen molar-refractivity contribution < 1.29 is 9.90 Å². The monoisotopic (exact) mass is 253 g/mol. The number of carbonyl (C=O) groups is 1. The van der Waals surface area contributed by atoms with Crippen molar-refractivity contribution in [3.8, 4) is 0 Å². The first kappa shape index (κ1) is 14.1. The van der Waals surface area contributed by atoms with E-state index in [-0.39, 0.29) is 17.8 Å². The second kappa shape index (κ2) is 7.35. The molecule has 1 unspecified atom stereocenters. The first-order valence-corrected chi connectivity index (χ1v) is 6.72. The number of thioether (sulfide) groups is 1. The van der Waals surface area contributed by atoms with Crippen molar-refractivity contribution in [3.63, 3.8) is 0 Å². The van der Waals surface area contributed by atoms with Crippen LogP contribution in [0.3, 0.4) is 0 Å². The molecule has 0 saturated heterocycles. The number of carbonyl (C=O) groups excluding carboxylic acids is 1. The Kier molecular flexibility index (Phi) is 6.08. The molecule has 1 aromatic rings. The second-order valence-corrected chi connectivity index (χ2v) is 5.43. The molecule has 0 radical (unpaired) electrons. The van der Waals surface area contributed by atoms with Crippen LogP contribution in [0.4, 0.5) is 0 Å². The molecular formula is C13H19NO2S. The molecule has 4 heteroatoms. The van der Waals surface area contributed by atoms with Crippen LogP contribution < -0.4 is 5.32 Å². The maximum absolute atomic E-state index is 11.5. The predicted molar refractivity (Wildman–Crippen MR) is 72.0 cm³/mol. The van der Waals surface area contributed by atoms with E-state index >= 15 is 0 Å². The molecule has 0 bridgehead atoms. The van der Waals surface area contributed by atoms with E-state index in [0.29, 0.717) is 12.3 Å². The van der Waals surface area contributed by atoms with Crippen molar-refractivity contribution in [1.82, 2.24) is 5.32 Å². The lowest BCUT2D eigenvalue weighted by Crippen LogP contribution is -2.26. The molecule has 0 aliphatic carbocycles. The van der Waals surface area contributed by atoms with E-state index in [1.807, 2.05) is 38.1 Å². The smallest absolute Gasteiger partial charge is 0.230 e. The van der Waals surface area contributed by atoms with Crippen LogP contribution in [0.2, 0.25) is 0 Å². The van der Waals surface area contributed by atoms with Gasteiger partial charge in [0.25, 0.3) is 0 Å². The Hall–Kier alpha value is -1.000. The molecule has 0 saturated carbocycles. The highest BCUT2D eigenvalue weighted by Gasteiger charge is 2.06. The molecule has 17 heavy (non-hydrogen) atoms. The predicted octanol–water partition coefficient (Wildman–Crippen LogP) is 1.73. The first-order valence-electron chi connectivity index (χ1n) is 5.67. The molecule has 0 fully saturated rings. The minimum Gasteiger partial charge on any atom is -0.395 e. The third-order valence-electron chi connectivity index (χ3n) is 2.49. The molecule has 0 heterocycles. The average molecular weight is 253 g/mol. The largest absolute Gasteiger partial charge is 0.395 e. The zero-order valence-electron chi connectivity index (χ0n) is 10.3. The summed E-state index contributed by atoms with van der Waals surface area (Å²) in [6.07, 6.45) is 0. The molecule has 0 aliphatic heterocycles. The summed E-state index contributed by atoms with van der Waals surface area (Å²) >= 11 is 1.46. The molecule has 1 atom stereocenters. The number of aryl methyl sites for hydroxylation is 1. The van der Waals surface area contributed by atoms with Gasteiger partial charge in [0.2, 0.25) is 5.91 Å². The Bertz CT molecular complexity index is 368. The van der Waals surface area contributed by atoms with Gasteiger partial charge < -0.3 is 10.4 Å². The molecule has 1 amide bonds. The van der Waals surface area contributed by atoms with Gasteiger partial charge in [0.1, 0.15) is 0 Å². The van der Waals surface area contributed by atoms with E-state index in [4.69, 9.17) is 5.11 Å². The van der Waals surface area contributed by atoms with Crippen LogP contribution in [0.5, 0.6) is 0 Å². The van der Waals surface area contributed by atoms with E-state index in [1.54, 1.807) is 0 Å². The van der Waals surface area contributed by atoms with Gasteiger partial charge in [0, 0.05) is 11.8 Å². The highest BCUT2D eigenvalue weighted by atomic mass is 32.2. The Morgan fingerprint density at radius 2 is 2.18 bits per heavy atom. The minimum atomic E-state index is 0.0125. The maximum Gasteiger partial charge on any atom is 0.230 e. The standard InChI is InChI=1S/C13H19NO2S/c1-10-5-3-4-6-12(10)7-14-13(16)9-17-11(2)8-15/h3-6,11,15H,7-9H2,1-2H3,(H,14,16). The zero-order chi connectivity index (χ0) is 12.7. The molecule has 0 spiro atoms. The number of benzene rings is 1. The highest BCUT2D eigenvalue weighted by molar-refractivity contribution is 8.00. The summed E-state index contributed by atoms with van der Waals surface area (Å²) in [7, 11) is 0. The number of rotatable bonds is 6. The third kappa shape index (κ3) is 5.24. The lowest BCUT2D eigenvalue weighted by Gasteiger charge is -2.09. The summed E-state index contributed by atoms with van der Waals surface area (Å²) in [6, 6.07) is 8.00. The fourth-order valence-electron chi connectivity index (χ4n) is 1.32. The molecule has 3 nitrogen and oxygen atoms in total. The lowest BCUT2D eigenvalue weighted by atomic mass is 10.1. The third-order valence-corrected chi connectivity index (χ3v) is 3.64. The number of hydrogen-bond acceptors (Lipinski definition) is 3. The molecular weight excluding hydrogens is 234 g/mol. The van der Waals surface area contributed by atoms with Crippen LogP contribution in [-0.4, -0.2) is 28.6 Å². The lowest BCUT2D eigenvalue weighted by molar-refractivity contribution is -0.118. The topological polar surface area (TPSA) is 49.3 Å². The zero-order valence-corrected chi connectivity index (χ0v) is 11.1. The quantitative estimate of drug-likeness (QED) is 0.811. The molecule has 1 aromatic carbocycles. The van der Waals surface area contributed by atoms with E-state index in [2.05, 4.69) is 5.32 Å². The number of amides is 1. The number of aliphatic hydroxyl groups is 1. The van der Waals surface area contributed by atoms with Crippen LogP contribution >= 0.6 is 11.8 Å². The second-order valence-electron chi connectivity index (χ2n) is 4.01. The van der Waals surface area contributed by atoms with Crippen molar-refractivity contribution in [3.05, 3.63) is 35.4 Å². The van der Waals surface area contributed by atoms with Gasteiger partial charge >= 0.3 is 0 Å². The number of nitrogens with one attached hydrogen (secondary N) is 1. The van der Waals surface area contributed by atoms with Gasteiger partial charge in [-0.1, -0.05) is 31.2 Å². The molecule has 94 valence electrons. The van der Waals surface area contributed by atoms with Crippen molar-refractivity contribution in [2.24, 2.45) is 0 Å². The fraction of sp³-hybridized carbons (Fsp3) is 0.462. The summed E-state index contributed by atoms with van der Waals surface area (Å²) in [6.45, 7) is 4.61.